The summed E-state index contributed by atoms with van der Waals surface area (Å²) in [6, 6.07) is 0. The maximum atomic E-state index is 12.4. The van der Waals surface area contributed by atoms with Gasteiger partial charge in [0.25, 0.3) is 0 Å². The number of ether oxygens (including phenoxy) is 4. The first-order valence-corrected chi connectivity index (χ1v) is 20.3. The maximum Gasteiger partial charge on any atom is 0.187 e. The van der Waals surface area contributed by atoms with Crippen LogP contribution >= 0.6 is 0 Å². The van der Waals surface area contributed by atoms with Crippen LogP contribution in [0.1, 0.15) is 113 Å². The van der Waals surface area contributed by atoms with Gasteiger partial charge in [0, 0.05) is 0 Å². The molecule has 6 rings (SSSR count). The lowest BCUT2D eigenvalue weighted by molar-refractivity contribution is -0.341. The van der Waals surface area contributed by atoms with Crippen molar-refractivity contribution in [2.24, 2.45) is 45.3 Å². The van der Waals surface area contributed by atoms with E-state index in [-0.39, 0.29) is 46.2 Å². The molecule has 0 radical (unpaired) electrons. The molecule has 6 fully saturated rings. The molecule has 306 valence electrons. The molecule has 0 amide bonds. The van der Waals surface area contributed by atoms with Gasteiger partial charge in [-0.25, -0.2) is 0 Å². The monoisotopic (exact) mass is 754 g/mol. The van der Waals surface area contributed by atoms with Crippen LogP contribution in [0, 0.1) is 45.3 Å². The van der Waals surface area contributed by atoms with Crippen LogP contribution in [-0.2, 0) is 18.9 Å². The van der Waals surface area contributed by atoms with Crippen molar-refractivity contribution >= 4 is 0 Å². The van der Waals surface area contributed by atoms with E-state index in [1.807, 2.05) is 20.8 Å². The van der Waals surface area contributed by atoms with Gasteiger partial charge in [-0.15, -0.1) is 0 Å². The number of hydrogen-bond donors (Lipinski definition) is 8. The molecule has 0 bridgehead atoms. The van der Waals surface area contributed by atoms with E-state index in [2.05, 4.69) is 40.7 Å². The van der Waals surface area contributed by atoms with E-state index in [0.717, 1.165) is 44.1 Å². The highest BCUT2D eigenvalue weighted by molar-refractivity contribution is 5.20. The highest BCUT2D eigenvalue weighted by Crippen LogP contribution is 2.76. The first-order valence-electron chi connectivity index (χ1n) is 20.3. The van der Waals surface area contributed by atoms with Crippen molar-refractivity contribution in [2.45, 2.75) is 186 Å². The van der Waals surface area contributed by atoms with E-state index < -0.39 is 73.6 Å². The zero-order valence-electron chi connectivity index (χ0n) is 33.2. The Bertz CT molecular complexity index is 1320. The lowest BCUT2D eigenvalue weighted by Gasteiger charge is -2.70. The summed E-state index contributed by atoms with van der Waals surface area (Å²) in [4.78, 5) is 0. The molecule has 2 heterocycles. The smallest absolute Gasteiger partial charge is 0.187 e. The lowest BCUT2D eigenvalue weighted by atomic mass is 9.35. The highest BCUT2D eigenvalue weighted by Gasteiger charge is 2.71. The molecule has 19 unspecified atom stereocenters. The van der Waals surface area contributed by atoms with Gasteiger partial charge in [-0.2, -0.15) is 0 Å². The summed E-state index contributed by atoms with van der Waals surface area (Å²) in [6.45, 7) is 17.0. The third-order valence-corrected chi connectivity index (χ3v) is 16.3. The molecule has 4 aliphatic carbocycles. The van der Waals surface area contributed by atoms with Gasteiger partial charge in [-0.1, -0.05) is 46.3 Å². The summed E-state index contributed by atoms with van der Waals surface area (Å²) in [5, 5.41) is 86.7. The summed E-state index contributed by atoms with van der Waals surface area (Å²) in [6.07, 6.45) is -3.70. The number of aliphatic hydroxyl groups excluding tert-OH is 8. The van der Waals surface area contributed by atoms with Crippen LogP contribution in [0.3, 0.4) is 0 Å². The number of hydrogen-bond acceptors (Lipinski definition) is 12. The SMILES string of the molecule is CC(C)=CCCC(C)(OC1OC(COC2OC(CO)C(O)C2O)C(O)C(O)C1O)C1CCC2(C)C1C(O)CC1C3(C)CCC(O)C(C)(C)C3CCC12C. The van der Waals surface area contributed by atoms with Crippen molar-refractivity contribution in [1.82, 2.24) is 0 Å². The van der Waals surface area contributed by atoms with Crippen LogP contribution in [0.15, 0.2) is 11.6 Å². The van der Waals surface area contributed by atoms with Gasteiger partial charge in [0.15, 0.2) is 12.6 Å². The first kappa shape index (κ1) is 41.9. The standard InChI is InChI=1S/C41H70O12/c1-21(2)10-9-14-41(8,53-36-34(49)32(47)31(46)25(52-36)20-50-35-33(48)30(45)24(19-42)51-35)22-11-16-40(7)29(22)23(43)18-27-38(5)15-13-28(44)37(3,4)26(38)12-17-39(27,40)6/h10,22-36,42-49H,9,11-20H2,1-8H3. The molecule has 6 aliphatic rings. The largest absolute Gasteiger partial charge is 0.394 e. The Morgan fingerprint density at radius 3 is 2.02 bits per heavy atom. The van der Waals surface area contributed by atoms with Crippen LogP contribution in [0.2, 0.25) is 0 Å². The van der Waals surface area contributed by atoms with E-state index in [0.29, 0.717) is 31.1 Å². The molecular weight excluding hydrogens is 684 g/mol. The number of allylic oxidation sites excluding steroid dienone is 2. The normalized spacial score (nSPS) is 51.9. The van der Waals surface area contributed by atoms with Crippen LogP contribution in [0.5, 0.6) is 0 Å². The molecule has 0 aromatic carbocycles. The minimum Gasteiger partial charge on any atom is -0.394 e. The molecule has 2 saturated heterocycles. The average Bonchev–Trinajstić information content (AvgIpc) is 3.61. The van der Waals surface area contributed by atoms with Gasteiger partial charge in [0.05, 0.1) is 31.0 Å². The van der Waals surface area contributed by atoms with E-state index in [4.69, 9.17) is 18.9 Å². The fraction of sp³-hybridized carbons (Fsp3) is 0.951. The maximum absolute atomic E-state index is 12.4. The molecule has 0 aromatic rings. The Labute approximate surface area is 315 Å². The number of fused-ring (bicyclic) bond motifs is 5. The minimum atomic E-state index is -1.63. The van der Waals surface area contributed by atoms with Gasteiger partial charge in [-0.3, -0.25) is 0 Å². The Kier molecular flexibility index (Phi) is 11.8. The van der Waals surface area contributed by atoms with Crippen LogP contribution in [-0.4, -0.2) is 127 Å². The van der Waals surface area contributed by atoms with Crippen molar-refractivity contribution in [3.8, 4) is 0 Å². The van der Waals surface area contributed by atoms with Gasteiger partial charge in [0.1, 0.15) is 42.7 Å². The zero-order chi connectivity index (χ0) is 39.1. The summed E-state index contributed by atoms with van der Waals surface area (Å²) in [5.41, 5.74) is -0.185. The molecule has 12 heteroatoms. The predicted molar refractivity (Wildman–Crippen MR) is 195 cm³/mol. The third-order valence-electron chi connectivity index (χ3n) is 16.3. The molecule has 12 nitrogen and oxygen atoms in total. The molecular formula is C41H70O12. The predicted octanol–water partition coefficient (Wildman–Crippen LogP) is 2.79. The Hall–Kier alpha value is -0.740. The average molecular weight is 755 g/mol. The fourth-order valence-electron chi connectivity index (χ4n) is 13.0. The lowest BCUT2D eigenvalue weighted by Crippen LogP contribution is -2.67. The summed E-state index contributed by atoms with van der Waals surface area (Å²) >= 11 is 0. The second-order valence-corrected chi connectivity index (χ2v) is 19.6. The molecule has 4 saturated carbocycles. The second kappa shape index (κ2) is 14.9. The van der Waals surface area contributed by atoms with E-state index in [1.54, 1.807) is 0 Å². The molecule has 53 heavy (non-hydrogen) atoms. The quantitative estimate of drug-likeness (QED) is 0.152. The van der Waals surface area contributed by atoms with Crippen molar-refractivity contribution in [3.05, 3.63) is 11.6 Å². The van der Waals surface area contributed by atoms with Crippen molar-refractivity contribution < 1.29 is 59.8 Å². The molecule has 0 spiro atoms. The van der Waals surface area contributed by atoms with Crippen LogP contribution in [0.25, 0.3) is 0 Å². The zero-order valence-corrected chi connectivity index (χ0v) is 33.2. The third kappa shape index (κ3) is 6.80. The summed E-state index contributed by atoms with van der Waals surface area (Å²) in [5.74, 6) is 0.470. The molecule has 0 aromatic heterocycles. The van der Waals surface area contributed by atoms with Crippen molar-refractivity contribution in [2.75, 3.05) is 13.2 Å². The van der Waals surface area contributed by atoms with Gasteiger partial charge >= 0.3 is 0 Å². The summed E-state index contributed by atoms with van der Waals surface area (Å²) in [7, 11) is 0. The molecule has 2 aliphatic heterocycles. The van der Waals surface area contributed by atoms with Crippen LogP contribution < -0.4 is 0 Å². The first-order chi connectivity index (χ1) is 24.7. The van der Waals surface area contributed by atoms with Gasteiger partial charge in [0.2, 0.25) is 0 Å². The minimum absolute atomic E-state index is 0.00317. The van der Waals surface area contributed by atoms with Crippen molar-refractivity contribution in [3.63, 3.8) is 0 Å². The van der Waals surface area contributed by atoms with Gasteiger partial charge < -0.3 is 59.8 Å². The van der Waals surface area contributed by atoms with Crippen LogP contribution in [0.4, 0.5) is 0 Å². The molecule has 19 atom stereocenters. The van der Waals surface area contributed by atoms with E-state index in [9.17, 15) is 40.9 Å². The second-order valence-electron chi connectivity index (χ2n) is 19.6. The number of rotatable bonds is 10. The Morgan fingerprint density at radius 2 is 1.38 bits per heavy atom. The molecule has 8 N–H and O–H groups in total. The fourth-order valence-corrected chi connectivity index (χ4v) is 13.0. The van der Waals surface area contributed by atoms with Crippen molar-refractivity contribution in [1.29, 1.82) is 0 Å². The number of aliphatic hydroxyl groups is 8. The highest BCUT2D eigenvalue weighted by atomic mass is 16.7. The van der Waals surface area contributed by atoms with E-state index in [1.165, 1.54) is 0 Å². The van der Waals surface area contributed by atoms with Gasteiger partial charge in [-0.05, 0) is 124 Å². The Morgan fingerprint density at radius 1 is 0.755 bits per heavy atom. The Balaban J connectivity index is 1.26. The summed E-state index contributed by atoms with van der Waals surface area (Å²) < 4.78 is 24.2. The van der Waals surface area contributed by atoms with E-state index >= 15 is 0 Å². The topological polar surface area (TPSA) is 199 Å².